The van der Waals surface area contributed by atoms with Crippen molar-refractivity contribution in [3.63, 3.8) is 0 Å². The summed E-state index contributed by atoms with van der Waals surface area (Å²) in [5.41, 5.74) is -0.0244. The molecule has 1 aromatic rings. The first-order chi connectivity index (χ1) is 8.70. The number of aliphatic hydroxyl groups is 1. The van der Waals surface area contributed by atoms with Crippen molar-refractivity contribution in [2.45, 2.75) is 31.7 Å². The molecular weight excluding hydrogens is 235 g/mol. The first kappa shape index (κ1) is 13.0. The minimum absolute atomic E-state index is 0.0167. The van der Waals surface area contributed by atoms with Gasteiger partial charge in [-0.25, -0.2) is 4.98 Å². The first-order valence-electron chi connectivity index (χ1n) is 6.23. The maximum Gasteiger partial charge on any atom is 0.256 e. The molecular formula is C13H17FN2O2. The molecule has 1 fully saturated rings. The number of rotatable bonds is 3. The van der Waals surface area contributed by atoms with Crippen molar-refractivity contribution >= 4 is 5.91 Å². The van der Waals surface area contributed by atoms with Crippen molar-refractivity contribution in [1.82, 2.24) is 10.3 Å². The topological polar surface area (TPSA) is 62.2 Å². The average molecular weight is 252 g/mol. The van der Waals surface area contributed by atoms with Crippen molar-refractivity contribution in [2.75, 3.05) is 6.61 Å². The van der Waals surface area contributed by atoms with Crippen molar-refractivity contribution in [1.29, 1.82) is 0 Å². The van der Waals surface area contributed by atoms with Gasteiger partial charge in [-0.1, -0.05) is 6.42 Å². The van der Waals surface area contributed by atoms with E-state index in [0.717, 1.165) is 25.7 Å². The van der Waals surface area contributed by atoms with Gasteiger partial charge in [0, 0.05) is 18.8 Å². The summed E-state index contributed by atoms with van der Waals surface area (Å²) in [5.74, 6) is -0.934. The van der Waals surface area contributed by atoms with Crippen LogP contribution in [0.4, 0.5) is 4.39 Å². The monoisotopic (exact) mass is 252 g/mol. The predicted octanol–water partition coefficient (Wildman–Crippen LogP) is 1.50. The van der Waals surface area contributed by atoms with Crippen molar-refractivity contribution < 1.29 is 14.3 Å². The quantitative estimate of drug-likeness (QED) is 0.801. The van der Waals surface area contributed by atoms with Gasteiger partial charge in [-0.3, -0.25) is 4.79 Å². The minimum Gasteiger partial charge on any atom is -0.396 e. The fourth-order valence-corrected chi connectivity index (χ4v) is 2.41. The van der Waals surface area contributed by atoms with Gasteiger partial charge in [0.15, 0.2) is 0 Å². The SMILES string of the molecule is O=C(NC1CCCC(CO)C1)c1cccnc1F. The largest absolute Gasteiger partial charge is 0.396 e. The van der Waals surface area contributed by atoms with Crippen LogP contribution in [0.3, 0.4) is 0 Å². The second kappa shape index (κ2) is 5.91. The summed E-state index contributed by atoms with van der Waals surface area (Å²) < 4.78 is 13.3. The number of hydrogen-bond acceptors (Lipinski definition) is 3. The summed E-state index contributed by atoms with van der Waals surface area (Å²) in [6.45, 7) is 0.146. The summed E-state index contributed by atoms with van der Waals surface area (Å²) in [6.07, 6.45) is 4.92. The summed E-state index contributed by atoms with van der Waals surface area (Å²) >= 11 is 0. The Hall–Kier alpha value is -1.49. The molecule has 2 N–H and O–H groups in total. The smallest absolute Gasteiger partial charge is 0.256 e. The molecule has 98 valence electrons. The molecule has 1 heterocycles. The second-order valence-electron chi connectivity index (χ2n) is 4.73. The zero-order chi connectivity index (χ0) is 13.0. The average Bonchev–Trinajstić information content (AvgIpc) is 2.39. The normalized spacial score (nSPS) is 23.7. The van der Waals surface area contributed by atoms with Crippen LogP contribution < -0.4 is 5.32 Å². The molecule has 2 rings (SSSR count). The Bertz CT molecular complexity index is 425. The highest BCUT2D eigenvalue weighted by molar-refractivity contribution is 5.94. The maximum absolute atomic E-state index is 13.3. The molecule has 18 heavy (non-hydrogen) atoms. The van der Waals surface area contributed by atoms with Crippen LogP contribution >= 0.6 is 0 Å². The number of hydrogen-bond donors (Lipinski definition) is 2. The molecule has 0 bridgehead atoms. The van der Waals surface area contributed by atoms with E-state index in [0.29, 0.717) is 0 Å². The summed E-state index contributed by atoms with van der Waals surface area (Å²) in [7, 11) is 0. The Labute approximate surface area is 105 Å². The molecule has 0 radical (unpaired) electrons. The van der Waals surface area contributed by atoms with Gasteiger partial charge in [0.25, 0.3) is 5.91 Å². The van der Waals surface area contributed by atoms with Gasteiger partial charge in [-0.05, 0) is 37.3 Å². The standard InChI is InChI=1S/C13H17FN2O2/c14-12-11(5-2-6-15-12)13(18)16-10-4-1-3-9(7-10)8-17/h2,5-6,9-10,17H,1,3-4,7-8H2,(H,16,18). The zero-order valence-electron chi connectivity index (χ0n) is 10.1. The van der Waals surface area contributed by atoms with Crippen LogP contribution in [-0.2, 0) is 0 Å². The van der Waals surface area contributed by atoms with E-state index >= 15 is 0 Å². The van der Waals surface area contributed by atoms with Gasteiger partial charge in [-0.15, -0.1) is 0 Å². The van der Waals surface area contributed by atoms with E-state index < -0.39 is 11.9 Å². The van der Waals surface area contributed by atoms with Gasteiger partial charge < -0.3 is 10.4 Å². The predicted molar refractivity (Wildman–Crippen MR) is 64.5 cm³/mol. The van der Waals surface area contributed by atoms with Gasteiger partial charge in [-0.2, -0.15) is 4.39 Å². The van der Waals surface area contributed by atoms with Crippen LogP contribution in [0, 0.1) is 11.9 Å². The van der Waals surface area contributed by atoms with Crippen LogP contribution in [0.2, 0.25) is 0 Å². The lowest BCUT2D eigenvalue weighted by Crippen LogP contribution is -2.39. The molecule has 1 saturated carbocycles. The molecule has 1 aromatic heterocycles. The summed E-state index contributed by atoms with van der Waals surface area (Å²) in [5, 5.41) is 11.9. The number of aliphatic hydroxyl groups excluding tert-OH is 1. The highest BCUT2D eigenvalue weighted by atomic mass is 19.1. The van der Waals surface area contributed by atoms with Gasteiger partial charge >= 0.3 is 0 Å². The van der Waals surface area contributed by atoms with E-state index in [2.05, 4.69) is 10.3 Å². The molecule has 2 unspecified atom stereocenters. The number of pyridine rings is 1. The molecule has 1 aliphatic carbocycles. The number of nitrogens with one attached hydrogen (secondary N) is 1. The number of halogens is 1. The highest BCUT2D eigenvalue weighted by Gasteiger charge is 2.24. The van der Waals surface area contributed by atoms with Crippen LogP contribution in [0.25, 0.3) is 0 Å². The Morgan fingerprint density at radius 1 is 1.56 bits per heavy atom. The lowest BCUT2D eigenvalue weighted by atomic mass is 9.86. The Kier molecular flexibility index (Phi) is 4.25. The van der Waals surface area contributed by atoms with Gasteiger partial charge in [0.1, 0.15) is 0 Å². The maximum atomic E-state index is 13.3. The third-order valence-electron chi connectivity index (χ3n) is 3.38. The molecule has 2 atom stereocenters. The molecule has 0 aromatic carbocycles. The summed E-state index contributed by atoms with van der Waals surface area (Å²) in [4.78, 5) is 15.3. The Balaban J connectivity index is 1.97. The number of nitrogens with zero attached hydrogens (tertiary/aromatic N) is 1. The number of carbonyl (C=O) groups is 1. The highest BCUT2D eigenvalue weighted by Crippen LogP contribution is 2.24. The van der Waals surface area contributed by atoms with E-state index in [1.165, 1.54) is 18.3 Å². The molecule has 4 nitrogen and oxygen atoms in total. The fraction of sp³-hybridized carbons (Fsp3) is 0.538. The van der Waals surface area contributed by atoms with Crippen molar-refractivity contribution in [3.05, 3.63) is 29.8 Å². The number of aromatic nitrogens is 1. The van der Waals surface area contributed by atoms with Crippen LogP contribution in [0.1, 0.15) is 36.0 Å². The second-order valence-corrected chi connectivity index (χ2v) is 4.73. The van der Waals surface area contributed by atoms with E-state index in [-0.39, 0.29) is 24.1 Å². The molecule has 1 amide bonds. The Morgan fingerprint density at radius 2 is 2.39 bits per heavy atom. The lowest BCUT2D eigenvalue weighted by Gasteiger charge is -2.28. The van der Waals surface area contributed by atoms with E-state index in [9.17, 15) is 9.18 Å². The minimum atomic E-state index is -0.746. The zero-order valence-corrected chi connectivity index (χ0v) is 10.1. The molecule has 5 heteroatoms. The molecule has 1 aliphatic rings. The lowest BCUT2D eigenvalue weighted by molar-refractivity contribution is 0.0901. The van der Waals surface area contributed by atoms with Crippen LogP contribution in [-0.4, -0.2) is 28.6 Å². The van der Waals surface area contributed by atoms with E-state index in [1.807, 2.05) is 0 Å². The van der Waals surface area contributed by atoms with Gasteiger partial charge in [0.05, 0.1) is 5.56 Å². The third-order valence-corrected chi connectivity index (χ3v) is 3.38. The van der Waals surface area contributed by atoms with E-state index in [1.54, 1.807) is 0 Å². The van der Waals surface area contributed by atoms with E-state index in [4.69, 9.17) is 5.11 Å². The summed E-state index contributed by atoms with van der Waals surface area (Å²) in [6, 6.07) is 2.97. The van der Waals surface area contributed by atoms with Gasteiger partial charge in [0.2, 0.25) is 5.95 Å². The van der Waals surface area contributed by atoms with Crippen molar-refractivity contribution in [3.8, 4) is 0 Å². The number of carbonyl (C=O) groups excluding carboxylic acids is 1. The van der Waals surface area contributed by atoms with Crippen molar-refractivity contribution in [2.24, 2.45) is 5.92 Å². The van der Waals surface area contributed by atoms with Crippen LogP contribution in [0.15, 0.2) is 18.3 Å². The molecule has 0 spiro atoms. The number of amides is 1. The molecule has 0 saturated heterocycles. The first-order valence-corrected chi connectivity index (χ1v) is 6.23. The molecule has 0 aliphatic heterocycles. The fourth-order valence-electron chi connectivity index (χ4n) is 2.41. The van der Waals surface area contributed by atoms with Crippen LogP contribution in [0.5, 0.6) is 0 Å². The third kappa shape index (κ3) is 3.04. The Morgan fingerprint density at radius 3 is 3.11 bits per heavy atom.